The van der Waals surface area contributed by atoms with Gasteiger partial charge in [0.1, 0.15) is 0 Å². The number of hydrogen-bond donors (Lipinski definition) is 0. The molecule has 0 atom stereocenters. The molecule has 0 spiro atoms. The fraction of sp³-hybridized carbons (Fsp3) is 0. The molecular weight excluding hydrogens is 348 g/mol. The van der Waals surface area contributed by atoms with Gasteiger partial charge in [-0.2, -0.15) is 10.5 Å². The van der Waals surface area contributed by atoms with Crippen molar-refractivity contribution in [3.8, 4) is 34.4 Å². The Hall–Kier alpha value is -2.88. The first-order valence-electron chi connectivity index (χ1n) is 7.01. The molecule has 0 aromatic heterocycles. The van der Waals surface area contributed by atoms with Gasteiger partial charge in [-0.1, -0.05) is 40.2 Å². The number of rotatable bonds is 2. The monoisotopic (exact) mass is 358 g/mol. The summed E-state index contributed by atoms with van der Waals surface area (Å²) in [4.78, 5) is 0. The van der Waals surface area contributed by atoms with Gasteiger partial charge in [-0.3, -0.25) is 0 Å². The van der Waals surface area contributed by atoms with E-state index in [1.807, 2.05) is 48.5 Å². The van der Waals surface area contributed by atoms with Gasteiger partial charge < -0.3 is 0 Å². The van der Waals surface area contributed by atoms with Crippen LogP contribution in [0.1, 0.15) is 11.1 Å². The Balaban J connectivity index is 2.12. The molecule has 23 heavy (non-hydrogen) atoms. The standard InChI is InChI=1S/C20H11BrN2/c21-20-10-18(16-5-1-3-14(7-16)12-22)9-19(11-20)17-6-2-4-15(8-17)13-23/h1-11H. The molecule has 0 radical (unpaired) electrons. The Morgan fingerprint density at radius 3 is 1.52 bits per heavy atom. The molecule has 3 aromatic rings. The van der Waals surface area contributed by atoms with E-state index in [1.165, 1.54) is 0 Å². The number of halogens is 1. The van der Waals surface area contributed by atoms with Crippen LogP contribution in [0.15, 0.2) is 71.2 Å². The summed E-state index contributed by atoms with van der Waals surface area (Å²) in [6.07, 6.45) is 0. The summed E-state index contributed by atoms with van der Waals surface area (Å²) >= 11 is 3.55. The second kappa shape index (κ2) is 6.48. The Kier molecular flexibility index (Phi) is 4.24. The third-order valence-electron chi connectivity index (χ3n) is 3.55. The molecule has 2 nitrogen and oxygen atoms in total. The summed E-state index contributed by atoms with van der Waals surface area (Å²) in [5.74, 6) is 0. The highest BCUT2D eigenvalue weighted by atomic mass is 79.9. The predicted octanol–water partition coefficient (Wildman–Crippen LogP) is 5.53. The first kappa shape index (κ1) is 15.0. The molecule has 108 valence electrons. The van der Waals surface area contributed by atoms with Crippen LogP contribution in [-0.2, 0) is 0 Å². The van der Waals surface area contributed by atoms with E-state index >= 15 is 0 Å². The smallest absolute Gasteiger partial charge is 0.0991 e. The third-order valence-corrected chi connectivity index (χ3v) is 4.01. The molecule has 0 aliphatic heterocycles. The van der Waals surface area contributed by atoms with Gasteiger partial charge in [0.2, 0.25) is 0 Å². The maximum Gasteiger partial charge on any atom is 0.0991 e. The number of nitriles is 2. The number of benzene rings is 3. The van der Waals surface area contributed by atoms with Gasteiger partial charge in [0.05, 0.1) is 23.3 Å². The van der Waals surface area contributed by atoms with E-state index in [1.54, 1.807) is 12.1 Å². The molecule has 3 aromatic carbocycles. The Morgan fingerprint density at radius 2 is 1.09 bits per heavy atom. The van der Waals surface area contributed by atoms with Crippen LogP contribution >= 0.6 is 15.9 Å². The van der Waals surface area contributed by atoms with E-state index in [-0.39, 0.29) is 0 Å². The van der Waals surface area contributed by atoms with E-state index in [9.17, 15) is 0 Å². The van der Waals surface area contributed by atoms with Crippen molar-refractivity contribution in [2.45, 2.75) is 0 Å². The zero-order valence-corrected chi connectivity index (χ0v) is 13.7. The molecule has 0 saturated heterocycles. The van der Waals surface area contributed by atoms with Crippen molar-refractivity contribution < 1.29 is 0 Å². The molecule has 3 rings (SSSR count). The molecule has 0 amide bonds. The van der Waals surface area contributed by atoms with E-state index in [4.69, 9.17) is 10.5 Å². The van der Waals surface area contributed by atoms with Crippen LogP contribution in [0.4, 0.5) is 0 Å². The lowest BCUT2D eigenvalue weighted by molar-refractivity contribution is 1.47. The SMILES string of the molecule is N#Cc1cccc(-c2cc(Br)cc(-c3cccc(C#N)c3)c2)c1. The largest absolute Gasteiger partial charge is 0.192 e. The molecule has 0 N–H and O–H groups in total. The minimum Gasteiger partial charge on any atom is -0.192 e. The highest BCUT2D eigenvalue weighted by Crippen LogP contribution is 2.31. The summed E-state index contributed by atoms with van der Waals surface area (Å²) in [7, 11) is 0. The molecule has 0 unspecified atom stereocenters. The van der Waals surface area contributed by atoms with Crippen LogP contribution in [0.25, 0.3) is 22.3 Å². The number of hydrogen-bond acceptors (Lipinski definition) is 2. The van der Waals surface area contributed by atoms with Gasteiger partial charge in [-0.15, -0.1) is 0 Å². The average molecular weight is 359 g/mol. The minimum atomic E-state index is 0.635. The molecule has 3 heteroatoms. The fourth-order valence-corrected chi connectivity index (χ4v) is 2.95. The second-order valence-electron chi connectivity index (χ2n) is 5.11. The third kappa shape index (κ3) is 3.31. The molecule has 0 bridgehead atoms. The minimum absolute atomic E-state index is 0.635. The maximum atomic E-state index is 9.06. The van der Waals surface area contributed by atoms with Crippen LogP contribution in [0.5, 0.6) is 0 Å². The van der Waals surface area contributed by atoms with Crippen molar-refractivity contribution in [2.75, 3.05) is 0 Å². The topological polar surface area (TPSA) is 47.6 Å². The van der Waals surface area contributed by atoms with Crippen molar-refractivity contribution in [3.63, 3.8) is 0 Å². The molecule has 0 heterocycles. The average Bonchev–Trinajstić information content (AvgIpc) is 2.61. The zero-order chi connectivity index (χ0) is 16.2. The summed E-state index contributed by atoms with van der Waals surface area (Å²) in [5, 5.41) is 18.1. The van der Waals surface area contributed by atoms with E-state index < -0.39 is 0 Å². The van der Waals surface area contributed by atoms with Crippen molar-refractivity contribution in [2.24, 2.45) is 0 Å². The Bertz CT molecular complexity index is 886. The van der Waals surface area contributed by atoms with Crippen LogP contribution in [-0.4, -0.2) is 0 Å². The zero-order valence-electron chi connectivity index (χ0n) is 12.1. The second-order valence-corrected chi connectivity index (χ2v) is 6.03. The lowest BCUT2D eigenvalue weighted by atomic mass is 9.97. The Labute approximate surface area is 143 Å². The van der Waals surface area contributed by atoms with Crippen LogP contribution in [0, 0.1) is 22.7 Å². The quantitative estimate of drug-likeness (QED) is 0.604. The van der Waals surface area contributed by atoms with Gasteiger partial charge in [-0.25, -0.2) is 0 Å². The van der Waals surface area contributed by atoms with Crippen molar-refractivity contribution in [1.29, 1.82) is 10.5 Å². The number of nitrogens with zero attached hydrogens (tertiary/aromatic N) is 2. The first-order valence-corrected chi connectivity index (χ1v) is 7.80. The van der Waals surface area contributed by atoms with Crippen LogP contribution in [0.3, 0.4) is 0 Å². The van der Waals surface area contributed by atoms with E-state index in [2.05, 4.69) is 34.1 Å². The van der Waals surface area contributed by atoms with Crippen molar-refractivity contribution >= 4 is 15.9 Å². The van der Waals surface area contributed by atoms with Gasteiger partial charge >= 0.3 is 0 Å². The van der Waals surface area contributed by atoms with Crippen molar-refractivity contribution in [1.82, 2.24) is 0 Å². The Morgan fingerprint density at radius 1 is 0.609 bits per heavy atom. The predicted molar refractivity (Wildman–Crippen MR) is 94.4 cm³/mol. The van der Waals surface area contributed by atoms with Gasteiger partial charge in [0.15, 0.2) is 0 Å². The summed E-state index contributed by atoms with van der Waals surface area (Å²) in [6, 6.07) is 25.5. The highest BCUT2D eigenvalue weighted by Gasteiger charge is 2.06. The van der Waals surface area contributed by atoms with Crippen LogP contribution in [0.2, 0.25) is 0 Å². The molecule has 0 aliphatic carbocycles. The lowest BCUT2D eigenvalue weighted by Crippen LogP contribution is -1.85. The van der Waals surface area contributed by atoms with Crippen molar-refractivity contribution in [3.05, 3.63) is 82.3 Å². The molecule has 0 fully saturated rings. The van der Waals surface area contributed by atoms with Gasteiger partial charge in [0.25, 0.3) is 0 Å². The lowest BCUT2D eigenvalue weighted by Gasteiger charge is -2.08. The molecular formula is C20H11BrN2. The van der Waals surface area contributed by atoms with E-state index in [0.717, 1.165) is 26.7 Å². The van der Waals surface area contributed by atoms with E-state index in [0.29, 0.717) is 11.1 Å². The summed E-state index contributed by atoms with van der Waals surface area (Å²) in [6.45, 7) is 0. The maximum absolute atomic E-state index is 9.06. The fourth-order valence-electron chi connectivity index (χ4n) is 2.46. The van der Waals surface area contributed by atoms with Crippen LogP contribution < -0.4 is 0 Å². The normalized spacial score (nSPS) is 9.87. The first-order chi connectivity index (χ1) is 11.2. The van der Waals surface area contributed by atoms with Gasteiger partial charge in [0, 0.05) is 4.47 Å². The highest BCUT2D eigenvalue weighted by molar-refractivity contribution is 9.10. The molecule has 0 saturated carbocycles. The van der Waals surface area contributed by atoms with Gasteiger partial charge in [-0.05, 0) is 64.7 Å². The molecule has 0 aliphatic rings. The summed E-state index contributed by atoms with van der Waals surface area (Å²) in [5.41, 5.74) is 5.29. The summed E-state index contributed by atoms with van der Waals surface area (Å²) < 4.78 is 0.953.